The molecule has 2 rings (SSSR count). The fourth-order valence-corrected chi connectivity index (χ4v) is 2.36. The summed E-state index contributed by atoms with van der Waals surface area (Å²) in [4.78, 5) is 28.3. The normalized spacial score (nSPS) is 17.5. The molecule has 1 amide bonds. The number of hydrogen-bond acceptors (Lipinski definition) is 7. The Morgan fingerprint density at radius 2 is 2.21 bits per heavy atom. The average molecular weight is 338 g/mol. The molecule has 1 aliphatic rings. The number of amides is 1. The van der Waals surface area contributed by atoms with Gasteiger partial charge in [-0.3, -0.25) is 10.1 Å². The Kier molecular flexibility index (Phi) is 5.10. The molecule has 0 aromatic carbocycles. The van der Waals surface area contributed by atoms with Gasteiger partial charge in [-0.25, -0.2) is 9.78 Å². The van der Waals surface area contributed by atoms with Crippen LogP contribution in [0.5, 0.6) is 5.75 Å². The summed E-state index contributed by atoms with van der Waals surface area (Å²) in [5.41, 5.74) is -0.719. The van der Waals surface area contributed by atoms with Crippen LogP contribution in [-0.2, 0) is 4.74 Å². The molecule has 1 atom stereocenters. The van der Waals surface area contributed by atoms with Gasteiger partial charge in [0.25, 0.3) is 0 Å². The SMILES string of the molecule is COc1cnc(NC2CCN(C(=O)OC(C)(C)C)C2)c([N+](=O)[O-])c1. The molecule has 1 saturated heterocycles. The topological polar surface area (TPSA) is 107 Å². The van der Waals surface area contributed by atoms with E-state index in [1.165, 1.54) is 19.4 Å². The molecule has 1 aliphatic heterocycles. The Morgan fingerprint density at radius 1 is 1.50 bits per heavy atom. The largest absolute Gasteiger partial charge is 0.495 e. The number of likely N-dealkylation sites (tertiary alicyclic amines) is 1. The first-order chi connectivity index (χ1) is 11.2. The summed E-state index contributed by atoms with van der Waals surface area (Å²) >= 11 is 0. The van der Waals surface area contributed by atoms with Crippen molar-refractivity contribution in [2.24, 2.45) is 0 Å². The maximum atomic E-state index is 12.1. The minimum atomic E-state index is -0.557. The number of rotatable bonds is 4. The van der Waals surface area contributed by atoms with Gasteiger partial charge in [-0.05, 0) is 27.2 Å². The third kappa shape index (κ3) is 4.46. The highest BCUT2D eigenvalue weighted by Gasteiger charge is 2.31. The third-order valence-corrected chi connectivity index (χ3v) is 3.46. The predicted octanol–water partition coefficient (Wildman–Crippen LogP) is 2.42. The first-order valence-electron chi connectivity index (χ1n) is 7.62. The smallest absolute Gasteiger partial charge is 0.410 e. The number of carbonyl (C=O) groups is 1. The van der Waals surface area contributed by atoms with Crippen LogP contribution in [0.3, 0.4) is 0 Å². The van der Waals surface area contributed by atoms with E-state index in [1.807, 2.05) is 0 Å². The lowest BCUT2D eigenvalue weighted by molar-refractivity contribution is -0.384. The Labute approximate surface area is 140 Å². The molecule has 24 heavy (non-hydrogen) atoms. The first kappa shape index (κ1) is 17.8. The van der Waals surface area contributed by atoms with Gasteiger partial charge < -0.3 is 19.7 Å². The Morgan fingerprint density at radius 3 is 2.79 bits per heavy atom. The molecule has 1 fully saturated rings. The average Bonchev–Trinajstić information content (AvgIpc) is 2.94. The molecule has 0 bridgehead atoms. The molecule has 1 unspecified atom stereocenters. The first-order valence-corrected chi connectivity index (χ1v) is 7.62. The van der Waals surface area contributed by atoms with Crippen molar-refractivity contribution in [1.29, 1.82) is 0 Å². The Balaban J connectivity index is 2.03. The van der Waals surface area contributed by atoms with Gasteiger partial charge in [-0.15, -0.1) is 0 Å². The van der Waals surface area contributed by atoms with Crippen LogP contribution in [-0.4, -0.2) is 52.7 Å². The van der Waals surface area contributed by atoms with Gasteiger partial charge >= 0.3 is 11.8 Å². The number of aromatic nitrogens is 1. The summed E-state index contributed by atoms with van der Waals surface area (Å²) in [7, 11) is 1.42. The van der Waals surface area contributed by atoms with Crippen molar-refractivity contribution in [3.8, 4) is 5.75 Å². The maximum absolute atomic E-state index is 12.1. The summed E-state index contributed by atoms with van der Waals surface area (Å²) in [6, 6.07) is 1.19. The van der Waals surface area contributed by atoms with Crippen LogP contribution >= 0.6 is 0 Å². The van der Waals surface area contributed by atoms with Crippen molar-refractivity contribution in [2.75, 3.05) is 25.5 Å². The summed E-state index contributed by atoms with van der Waals surface area (Å²) in [6.45, 7) is 6.35. The number of pyridine rings is 1. The number of anilines is 1. The van der Waals surface area contributed by atoms with E-state index in [4.69, 9.17) is 9.47 Å². The highest BCUT2D eigenvalue weighted by Crippen LogP contribution is 2.28. The van der Waals surface area contributed by atoms with Crippen molar-refractivity contribution < 1.29 is 19.2 Å². The summed E-state index contributed by atoms with van der Waals surface area (Å²) in [6.07, 6.45) is 1.68. The predicted molar refractivity (Wildman–Crippen MR) is 87.3 cm³/mol. The molecule has 2 heterocycles. The van der Waals surface area contributed by atoms with Crippen molar-refractivity contribution in [3.05, 3.63) is 22.4 Å². The van der Waals surface area contributed by atoms with Crippen LogP contribution in [0, 0.1) is 10.1 Å². The zero-order chi connectivity index (χ0) is 17.9. The Hall–Kier alpha value is -2.58. The van der Waals surface area contributed by atoms with Gasteiger partial charge in [0.15, 0.2) is 0 Å². The molecular formula is C15H22N4O5. The van der Waals surface area contributed by atoms with Gasteiger partial charge in [0.2, 0.25) is 5.82 Å². The fourth-order valence-electron chi connectivity index (χ4n) is 2.36. The summed E-state index contributed by atoms with van der Waals surface area (Å²) < 4.78 is 10.3. The van der Waals surface area contributed by atoms with Crippen LogP contribution < -0.4 is 10.1 Å². The van der Waals surface area contributed by atoms with Crippen molar-refractivity contribution in [3.63, 3.8) is 0 Å². The van der Waals surface area contributed by atoms with Crippen LogP contribution in [0.1, 0.15) is 27.2 Å². The van der Waals surface area contributed by atoms with Gasteiger partial charge in [0.05, 0.1) is 24.3 Å². The molecule has 9 heteroatoms. The third-order valence-electron chi connectivity index (χ3n) is 3.46. The lowest BCUT2D eigenvalue weighted by Crippen LogP contribution is -2.36. The van der Waals surface area contributed by atoms with Gasteiger partial charge in [0, 0.05) is 19.1 Å². The molecule has 0 spiro atoms. The van der Waals surface area contributed by atoms with E-state index in [0.717, 1.165) is 0 Å². The van der Waals surface area contributed by atoms with Gasteiger partial charge in [0.1, 0.15) is 11.4 Å². The number of nitrogens with one attached hydrogen (secondary N) is 1. The molecule has 1 aromatic heterocycles. The van der Waals surface area contributed by atoms with E-state index in [-0.39, 0.29) is 23.6 Å². The highest BCUT2D eigenvalue weighted by molar-refractivity contribution is 5.69. The molecule has 0 radical (unpaired) electrons. The molecule has 0 saturated carbocycles. The van der Waals surface area contributed by atoms with Crippen molar-refractivity contribution in [1.82, 2.24) is 9.88 Å². The zero-order valence-corrected chi connectivity index (χ0v) is 14.2. The summed E-state index contributed by atoms with van der Waals surface area (Å²) in [5.74, 6) is 0.478. The number of carbonyl (C=O) groups excluding carboxylic acids is 1. The second-order valence-electron chi connectivity index (χ2n) is 6.56. The van der Waals surface area contributed by atoms with E-state index >= 15 is 0 Å². The van der Waals surface area contributed by atoms with Crippen LogP contribution in [0.4, 0.5) is 16.3 Å². The molecule has 132 valence electrons. The number of nitrogens with zero attached hydrogens (tertiary/aromatic N) is 3. The standard InChI is InChI=1S/C15H22N4O5/c1-15(2,3)24-14(20)18-6-5-10(9-18)17-13-12(19(21)22)7-11(23-4)8-16-13/h7-8,10H,5-6,9H2,1-4H3,(H,16,17). The number of methoxy groups -OCH3 is 1. The lowest BCUT2D eigenvalue weighted by Gasteiger charge is -2.24. The van der Waals surface area contributed by atoms with E-state index in [2.05, 4.69) is 10.3 Å². The highest BCUT2D eigenvalue weighted by atomic mass is 16.6. The molecule has 0 aliphatic carbocycles. The number of nitro groups is 1. The van der Waals surface area contributed by atoms with Crippen LogP contribution in [0.25, 0.3) is 0 Å². The van der Waals surface area contributed by atoms with Gasteiger partial charge in [-0.2, -0.15) is 0 Å². The van der Waals surface area contributed by atoms with E-state index < -0.39 is 10.5 Å². The maximum Gasteiger partial charge on any atom is 0.410 e. The number of ether oxygens (including phenoxy) is 2. The molecule has 1 N–H and O–H groups in total. The molecule has 1 aromatic rings. The monoisotopic (exact) mass is 338 g/mol. The minimum Gasteiger partial charge on any atom is -0.495 e. The second-order valence-corrected chi connectivity index (χ2v) is 6.56. The van der Waals surface area contributed by atoms with Crippen LogP contribution in [0.2, 0.25) is 0 Å². The fraction of sp³-hybridized carbons (Fsp3) is 0.600. The van der Waals surface area contributed by atoms with E-state index in [9.17, 15) is 14.9 Å². The second kappa shape index (κ2) is 6.90. The number of hydrogen-bond donors (Lipinski definition) is 1. The lowest BCUT2D eigenvalue weighted by atomic mass is 10.2. The van der Waals surface area contributed by atoms with E-state index in [0.29, 0.717) is 25.3 Å². The Bertz CT molecular complexity index is 629. The van der Waals surface area contributed by atoms with Crippen molar-refractivity contribution in [2.45, 2.75) is 38.8 Å². The van der Waals surface area contributed by atoms with E-state index in [1.54, 1.807) is 25.7 Å². The summed E-state index contributed by atoms with van der Waals surface area (Å²) in [5, 5.41) is 14.2. The zero-order valence-electron chi connectivity index (χ0n) is 14.2. The van der Waals surface area contributed by atoms with Crippen LogP contribution in [0.15, 0.2) is 12.3 Å². The van der Waals surface area contributed by atoms with Gasteiger partial charge in [-0.1, -0.05) is 0 Å². The molecule has 9 nitrogen and oxygen atoms in total. The van der Waals surface area contributed by atoms with Crippen molar-refractivity contribution >= 4 is 17.6 Å². The minimum absolute atomic E-state index is 0.128. The molecular weight excluding hydrogens is 316 g/mol. The quantitative estimate of drug-likeness (QED) is 0.663.